The molecular formula is C18H22F2N2O3. The molecule has 0 spiro atoms. The molecule has 0 radical (unpaired) electrons. The molecule has 2 aliphatic rings. The predicted molar refractivity (Wildman–Crippen MR) is 86.6 cm³/mol. The average molecular weight is 352 g/mol. The van der Waals surface area contributed by atoms with Crippen LogP contribution in [0, 0.1) is 17.6 Å². The Bertz CT molecular complexity index is 648. The monoisotopic (exact) mass is 352 g/mol. The zero-order chi connectivity index (χ0) is 18.0. The summed E-state index contributed by atoms with van der Waals surface area (Å²) in [5.41, 5.74) is -0.172. The van der Waals surface area contributed by atoms with E-state index in [1.54, 1.807) is 4.90 Å². The zero-order valence-electron chi connectivity index (χ0n) is 14.2. The van der Waals surface area contributed by atoms with Gasteiger partial charge < -0.3 is 15.0 Å². The third-order valence-electron chi connectivity index (χ3n) is 5.01. The minimum atomic E-state index is -0.650. The summed E-state index contributed by atoms with van der Waals surface area (Å²) < 4.78 is 31.8. The van der Waals surface area contributed by atoms with Gasteiger partial charge in [-0.05, 0) is 43.4 Å². The lowest BCUT2D eigenvalue weighted by atomic mass is 9.94. The number of amides is 2. The van der Waals surface area contributed by atoms with Gasteiger partial charge in [0.15, 0.2) is 0 Å². The van der Waals surface area contributed by atoms with Gasteiger partial charge in [-0.15, -0.1) is 0 Å². The Labute approximate surface area is 145 Å². The molecular weight excluding hydrogens is 330 g/mol. The van der Waals surface area contributed by atoms with E-state index < -0.39 is 17.2 Å². The molecule has 2 fully saturated rings. The lowest BCUT2D eigenvalue weighted by molar-refractivity contribution is -0.139. The fourth-order valence-corrected chi connectivity index (χ4v) is 3.38. The van der Waals surface area contributed by atoms with Crippen LogP contribution >= 0.6 is 0 Å². The molecule has 1 aromatic carbocycles. The van der Waals surface area contributed by atoms with Gasteiger partial charge in [0.1, 0.15) is 18.2 Å². The van der Waals surface area contributed by atoms with Crippen molar-refractivity contribution in [1.29, 1.82) is 0 Å². The number of ether oxygens (including phenoxy) is 1. The number of halogens is 2. The number of piperidine rings is 1. The van der Waals surface area contributed by atoms with Crippen LogP contribution in [0.2, 0.25) is 0 Å². The van der Waals surface area contributed by atoms with Crippen LogP contribution in [0.3, 0.4) is 0 Å². The second-order valence-electron chi connectivity index (χ2n) is 6.82. The number of rotatable bonds is 5. The highest BCUT2D eigenvalue weighted by atomic mass is 19.1. The molecule has 0 aromatic heterocycles. The van der Waals surface area contributed by atoms with E-state index in [1.807, 2.05) is 0 Å². The Morgan fingerprint density at radius 1 is 1.20 bits per heavy atom. The molecule has 136 valence electrons. The fourth-order valence-electron chi connectivity index (χ4n) is 3.38. The van der Waals surface area contributed by atoms with Crippen LogP contribution in [0.15, 0.2) is 18.2 Å². The minimum absolute atomic E-state index is 0.0467. The number of likely N-dealkylation sites (tertiary alicyclic amines) is 1. The number of hydrogen-bond donors (Lipinski definition) is 1. The van der Waals surface area contributed by atoms with Crippen molar-refractivity contribution in [3.63, 3.8) is 0 Å². The molecule has 1 saturated heterocycles. The predicted octanol–water partition coefficient (Wildman–Crippen LogP) is 1.96. The van der Waals surface area contributed by atoms with Crippen LogP contribution in [0.1, 0.15) is 31.2 Å². The summed E-state index contributed by atoms with van der Waals surface area (Å²) in [4.78, 5) is 26.1. The fraction of sp³-hybridized carbons (Fsp3) is 0.556. The maximum absolute atomic E-state index is 13.5. The lowest BCUT2D eigenvalue weighted by Crippen LogP contribution is -2.46. The van der Waals surface area contributed by atoms with Crippen LogP contribution in [0.25, 0.3) is 0 Å². The number of carbonyl (C=O) groups is 2. The molecule has 0 atom stereocenters. The number of carbonyl (C=O) groups excluding carboxylic acids is 2. The molecule has 0 bridgehead atoms. The summed E-state index contributed by atoms with van der Waals surface area (Å²) in [7, 11) is 1.47. The van der Waals surface area contributed by atoms with Crippen LogP contribution in [-0.4, -0.2) is 43.5 Å². The summed E-state index contributed by atoms with van der Waals surface area (Å²) in [5.74, 6) is -1.65. The van der Waals surface area contributed by atoms with E-state index >= 15 is 0 Å². The summed E-state index contributed by atoms with van der Waals surface area (Å²) in [6.07, 6.45) is 2.50. The van der Waals surface area contributed by atoms with Crippen LogP contribution in [0.4, 0.5) is 8.78 Å². The molecule has 1 heterocycles. The van der Waals surface area contributed by atoms with Crippen molar-refractivity contribution < 1.29 is 23.1 Å². The SMILES string of the molecule is COCC(=O)N1CCC(C(=O)NC2(c3cc(F)cc(F)c3)CC2)CC1. The average Bonchev–Trinajstić information content (AvgIpc) is 3.35. The molecule has 3 rings (SSSR count). The van der Waals surface area contributed by atoms with Gasteiger partial charge in [-0.3, -0.25) is 9.59 Å². The minimum Gasteiger partial charge on any atom is -0.375 e. The summed E-state index contributed by atoms with van der Waals surface area (Å²) in [6, 6.07) is 3.39. The Balaban J connectivity index is 1.59. The van der Waals surface area contributed by atoms with E-state index in [4.69, 9.17) is 4.74 Å². The third-order valence-corrected chi connectivity index (χ3v) is 5.01. The topological polar surface area (TPSA) is 58.6 Å². The standard InChI is InChI=1S/C18H22F2N2O3/c1-25-11-16(23)22-6-2-12(3-7-22)17(24)21-18(4-5-18)13-8-14(19)10-15(20)9-13/h8-10,12H,2-7,11H2,1H3,(H,21,24). The molecule has 1 aromatic rings. The molecule has 1 N–H and O–H groups in total. The molecule has 1 saturated carbocycles. The number of nitrogens with zero attached hydrogens (tertiary/aromatic N) is 1. The van der Waals surface area contributed by atoms with Gasteiger partial charge in [0.05, 0.1) is 5.54 Å². The highest BCUT2D eigenvalue weighted by molar-refractivity contribution is 5.81. The van der Waals surface area contributed by atoms with E-state index in [2.05, 4.69) is 5.32 Å². The molecule has 1 aliphatic carbocycles. The first-order chi connectivity index (χ1) is 11.9. The van der Waals surface area contributed by atoms with E-state index in [0.29, 0.717) is 44.3 Å². The van der Waals surface area contributed by atoms with Gasteiger partial charge in [0.2, 0.25) is 11.8 Å². The van der Waals surface area contributed by atoms with E-state index in [-0.39, 0.29) is 24.3 Å². The highest BCUT2D eigenvalue weighted by Crippen LogP contribution is 2.46. The number of nitrogens with one attached hydrogen (secondary N) is 1. The van der Waals surface area contributed by atoms with Gasteiger partial charge in [-0.1, -0.05) is 0 Å². The normalized spacial score (nSPS) is 19.6. The molecule has 25 heavy (non-hydrogen) atoms. The van der Waals surface area contributed by atoms with Crippen molar-refractivity contribution in [2.45, 2.75) is 31.2 Å². The van der Waals surface area contributed by atoms with Gasteiger partial charge in [0.25, 0.3) is 0 Å². The first-order valence-corrected chi connectivity index (χ1v) is 8.49. The summed E-state index contributed by atoms with van der Waals surface area (Å²) in [6.45, 7) is 1.08. The first kappa shape index (κ1) is 17.8. The van der Waals surface area contributed by atoms with Crippen LogP contribution < -0.4 is 5.32 Å². The van der Waals surface area contributed by atoms with Crippen LogP contribution in [-0.2, 0) is 19.9 Å². The summed E-state index contributed by atoms with van der Waals surface area (Å²) >= 11 is 0. The van der Waals surface area contributed by atoms with E-state index in [9.17, 15) is 18.4 Å². The number of methoxy groups -OCH3 is 1. The molecule has 2 amide bonds. The first-order valence-electron chi connectivity index (χ1n) is 8.49. The number of hydrogen-bond acceptors (Lipinski definition) is 3. The highest BCUT2D eigenvalue weighted by Gasteiger charge is 2.47. The van der Waals surface area contributed by atoms with E-state index in [1.165, 1.54) is 19.2 Å². The van der Waals surface area contributed by atoms with Gasteiger partial charge in [0, 0.05) is 32.2 Å². The quantitative estimate of drug-likeness (QED) is 0.881. The van der Waals surface area contributed by atoms with Crippen molar-refractivity contribution in [1.82, 2.24) is 10.2 Å². The van der Waals surface area contributed by atoms with E-state index in [0.717, 1.165) is 6.07 Å². The molecule has 5 nitrogen and oxygen atoms in total. The molecule has 0 unspecified atom stereocenters. The zero-order valence-corrected chi connectivity index (χ0v) is 14.2. The second-order valence-corrected chi connectivity index (χ2v) is 6.82. The summed E-state index contributed by atoms with van der Waals surface area (Å²) in [5, 5.41) is 2.98. The lowest BCUT2D eigenvalue weighted by Gasteiger charge is -2.32. The van der Waals surface area contributed by atoms with Crippen molar-refractivity contribution >= 4 is 11.8 Å². The van der Waals surface area contributed by atoms with Crippen molar-refractivity contribution in [2.75, 3.05) is 26.8 Å². The smallest absolute Gasteiger partial charge is 0.248 e. The Morgan fingerprint density at radius 3 is 2.32 bits per heavy atom. The van der Waals surface area contributed by atoms with Crippen molar-refractivity contribution in [2.24, 2.45) is 5.92 Å². The van der Waals surface area contributed by atoms with Gasteiger partial charge in [-0.2, -0.15) is 0 Å². The van der Waals surface area contributed by atoms with Crippen LogP contribution in [0.5, 0.6) is 0 Å². The third kappa shape index (κ3) is 3.98. The van der Waals surface area contributed by atoms with Gasteiger partial charge in [-0.25, -0.2) is 8.78 Å². The second kappa shape index (κ2) is 7.07. The van der Waals surface area contributed by atoms with Crippen molar-refractivity contribution in [3.05, 3.63) is 35.4 Å². The maximum atomic E-state index is 13.5. The largest absolute Gasteiger partial charge is 0.375 e. The Morgan fingerprint density at radius 2 is 1.80 bits per heavy atom. The maximum Gasteiger partial charge on any atom is 0.248 e. The Hall–Kier alpha value is -2.02. The number of benzene rings is 1. The Kier molecular flexibility index (Phi) is 5.03. The molecule has 7 heteroatoms. The molecule has 1 aliphatic heterocycles. The van der Waals surface area contributed by atoms with Gasteiger partial charge >= 0.3 is 0 Å². The van der Waals surface area contributed by atoms with Crippen molar-refractivity contribution in [3.8, 4) is 0 Å².